The lowest BCUT2D eigenvalue weighted by Crippen LogP contribution is -2.55. The van der Waals surface area contributed by atoms with Crippen molar-refractivity contribution in [1.82, 2.24) is 0 Å². The summed E-state index contributed by atoms with van der Waals surface area (Å²) in [5.41, 5.74) is 0. The van der Waals surface area contributed by atoms with Crippen LogP contribution in [0.5, 0.6) is 0 Å². The van der Waals surface area contributed by atoms with Crippen molar-refractivity contribution < 1.29 is 35.5 Å². The number of halogens is 7. The third kappa shape index (κ3) is 1.94. The maximum absolute atomic E-state index is 12.6. The minimum Gasteiger partial charge on any atom is -0.328 e. The van der Waals surface area contributed by atoms with Crippen molar-refractivity contribution in [2.45, 2.75) is 30.7 Å². The van der Waals surface area contributed by atoms with Gasteiger partial charge in [-0.1, -0.05) is 0 Å². The van der Waals surface area contributed by atoms with Crippen LogP contribution >= 0.6 is 0 Å². The molecule has 1 saturated carbocycles. The Labute approximate surface area is 73.8 Å². The van der Waals surface area contributed by atoms with Gasteiger partial charge in [0.2, 0.25) is 0 Å². The van der Waals surface area contributed by atoms with Gasteiger partial charge in [-0.3, -0.25) is 0 Å². The van der Waals surface area contributed by atoms with Crippen LogP contribution in [-0.4, -0.2) is 24.3 Å². The molecule has 0 aliphatic heterocycles. The molecule has 1 atom stereocenters. The fourth-order valence-electron chi connectivity index (χ4n) is 0.655. The van der Waals surface area contributed by atoms with Gasteiger partial charge >= 0.3 is 18.2 Å². The minimum atomic E-state index is -6.12. The summed E-state index contributed by atoms with van der Waals surface area (Å²) >= 11 is 0. The van der Waals surface area contributed by atoms with Gasteiger partial charge in [-0.15, -0.1) is 0 Å². The van der Waals surface area contributed by atoms with E-state index in [-0.39, 0.29) is 6.42 Å². The molecule has 1 nitrogen and oxygen atoms in total. The molecule has 0 saturated heterocycles. The van der Waals surface area contributed by atoms with E-state index >= 15 is 0 Å². The van der Waals surface area contributed by atoms with Crippen LogP contribution in [0.4, 0.5) is 30.7 Å². The van der Waals surface area contributed by atoms with E-state index in [9.17, 15) is 30.7 Å². The van der Waals surface area contributed by atoms with Crippen LogP contribution in [0, 0.1) is 6.42 Å². The molecule has 0 amide bonds. The zero-order chi connectivity index (χ0) is 11.2. The number of hydrogen-bond acceptors (Lipinski definition) is 1. The Hall–Kier alpha value is -0.530. The normalized spacial score (nSPS) is 19.9. The minimum absolute atomic E-state index is 0.113. The standard InChI is InChI=1S/C6H4F7O/c7-4(5(8,9)10,6(11,12)13)14-3-1-2-3/h1,3H,2H2. The molecule has 1 unspecified atom stereocenters. The SMILES string of the molecule is FC(F)(F)C(F)(OC1[CH]C1)C(F)(F)F. The molecule has 1 fully saturated rings. The second-order valence-corrected chi connectivity index (χ2v) is 2.72. The highest BCUT2D eigenvalue weighted by molar-refractivity contribution is 5.00. The molecular weight excluding hydrogens is 221 g/mol. The Balaban J connectivity index is 2.88. The van der Waals surface area contributed by atoms with Gasteiger partial charge in [0.05, 0.1) is 6.10 Å². The van der Waals surface area contributed by atoms with E-state index in [4.69, 9.17) is 0 Å². The van der Waals surface area contributed by atoms with Crippen LogP contribution in [0.1, 0.15) is 6.42 Å². The first-order chi connectivity index (χ1) is 6.08. The highest BCUT2D eigenvalue weighted by Gasteiger charge is 2.75. The van der Waals surface area contributed by atoms with Crippen molar-refractivity contribution in [3.8, 4) is 0 Å². The van der Waals surface area contributed by atoms with E-state index in [1.54, 1.807) is 0 Å². The average molecular weight is 225 g/mol. The van der Waals surface area contributed by atoms with Crippen molar-refractivity contribution in [3.63, 3.8) is 0 Å². The van der Waals surface area contributed by atoms with E-state index in [2.05, 4.69) is 4.74 Å². The first-order valence-corrected chi connectivity index (χ1v) is 3.41. The number of ether oxygens (including phenoxy) is 1. The molecule has 14 heavy (non-hydrogen) atoms. The largest absolute Gasteiger partial charge is 0.458 e. The summed E-state index contributed by atoms with van der Waals surface area (Å²) in [6.07, 6.45) is -12.8. The summed E-state index contributed by atoms with van der Waals surface area (Å²) in [7, 11) is 0. The summed E-state index contributed by atoms with van der Waals surface area (Å²) in [6.45, 7) is 0. The van der Waals surface area contributed by atoms with Gasteiger partial charge in [0.1, 0.15) is 0 Å². The van der Waals surface area contributed by atoms with Crippen molar-refractivity contribution in [3.05, 3.63) is 6.42 Å². The predicted molar refractivity (Wildman–Crippen MR) is 29.7 cm³/mol. The lowest BCUT2D eigenvalue weighted by Gasteiger charge is -2.29. The first-order valence-electron chi connectivity index (χ1n) is 3.41. The Bertz CT molecular complexity index is 199. The second-order valence-electron chi connectivity index (χ2n) is 2.72. The van der Waals surface area contributed by atoms with Gasteiger partial charge in [0, 0.05) is 0 Å². The number of alkyl halides is 7. The van der Waals surface area contributed by atoms with E-state index in [0.717, 1.165) is 6.42 Å². The van der Waals surface area contributed by atoms with Gasteiger partial charge in [0.25, 0.3) is 0 Å². The van der Waals surface area contributed by atoms with Crippen LogP contribution in [0.2, 0.25) is 0 Å². The lowest BCUT2D eigenvalue weighted by atomic mass is 10.3. The van der Waals surface area contributed by atoms with Crippen molar-refractivity contribution in [2.75, 3.05) is 0 Å². The maximum atomic E-state index is 12.6. The third-order valence-electron chi connectivity index (χ3n) is 1.47. The van der Waals surface area contributed by atoms with E-state index in [1.165, 1.54) is 0 Å². The molecule has 0 bridgehead atoms. The van der Waals surface area contributed by atoms with Gasteiger partial charge in [-0.05, 0) is 12.8 Å². The van der Waals surface area contributed by atoms with Crippen LogP contribution in [0.3, 0.4) is 0 Å². The molecule has 0 heterocycles. The van der Waals surface area contributed by atoms with Crippen molar-refractivity contribution >= 4 is 0 Å². The number of hydrogen-bond donors (Lipinski definition) is 0. The molecule has 1 aliphatic carbocycles. The summed E-state index contributed by atoms with van der Waals surface area (Å²) in [5, 5.41) is 0. The van der Waals surface area contributed by atoms with Gasteiger partial charge in [-0.2, -0.15) is 30.7 Å². The van der Waals surface area contributed by atoms with E-state index in [1.807, 2.05) is 0 Å². The first kappa shape index (κ1) is 11.5. The smallest absolute Gasteiger partial charge is 0.328 e. The van der Waals surface area contributed by atoms with Crippen LogP contribution in [-0.2, 0) is 4.74 Å². The Morgan fingerprint density at radius 3 is 1.50 bits per heavy atom. The fraction of sp³-hybridized carbons (Fsp3) is 0.833. The monoisotopic (exact) mass is 225 g/mol. The topological polar surface area (TPSA) is 9.23 Å². The zero-order valence-electron chi connectivity index (χ0n) is 6.42. The third-order valence-corrected chi connectivity index (χ3v) is 1.47. The number of rotatable bonds is 2. The van der Waals surface area contributed by atoms with Crippen LogP contribution in [0.15, 0.2) is 0 Å². The Morgan fingerprint density at radius 2 is 1.29 bits per heavy atom. The summed E-state index contributed by atoms with van der Waals surface area (Å²) in [5.74, 6) is -5.57. The highest BCUT2D eigenvalue weighted by Crippen LogP contribution is 2.49. The summed E-state index contributed by atoms with van der Waals surface area (Å²) in [4.78, 5) is 0. The molecule has 1 rings (SSSR count). The fourth-order valence-corrected chi connectivity index (χ4v) is 0.655. The zero-order valence-corrected chi connectivity index (χ0v) is 6.42. The Kier molecular flexibility index (Phi) is 2.46. The summed E-state index contributed by atoms with van der Waals surface area (Å²) < 4.78 is 86.4. The lowest BCUT2D eigenvalue weighted by molar-refractivity contribution is -0.431. The molecule has 0 aromatic carbocycles. The molecule has 83 valence electrons. The van der Waals surface area contributed by atoms with Gasteiger partial charge in [-0.25, -0.2) is 0 Å². The van der Waals surface area contributed by atoms with Gasteiger partial charge in [0.15, 0.2) is 0 Å². The molecule has 1 aliphatic rings. The average Bonchev–Trinajstić information content (AvgIpc) is 2.65. The maximum Gasteiger partial charge on any atom is 0.458 e. The van der Waals surface area contributed by atoms with E-state index < -0.39 is 24.3 Å². The Morgan fingerprint density at radius 1 is 0.929 bits per heavy atom. The molecule has 1 radical (unpaired) electrons. The molecule has 0 spiro atoms. The molecule has 8 heteroatoms. The molecular formula is C6H4F7O. The van der Waals surface area contributed by atoms with E-state index in [0.29, 0.717) is 0 Å². The van der Waals surface area contributed by atoms with Crippen molar-refractivity contribution in [2.24, 2.45) is 0 Å². The highest BCUT2D eigenvalue weighted by atomic mass is 19.4. The van der Waals surface area contributed by atoms with Gasteiger partial charge < -0.3 is 4.74 Å². The van der Waals surface area contributed by atoms with Crippen LogP contribution < -0.4 is 0 Å². The second kappa shape index (κ2) is 2.98. The molecule has 0 aromatic rings. The quantitative estimate of drug-likeness (QED) is 0.656. The summed E-state index contributed by atoms with van der Waals surface area (Å²) in [6, 6.07) is 0. The van der Waals surface area contributed by atoms with Crippen molar-refractivity contribution in [1.29, 1.82) is 0 Å². The molecule has 0 N–H and O–H groups in total. The molecule has 0 aromatic heterocycles. The predicted octanol–water partition coefficient (Wildman–Crippen LogP) is 2.77. The van der Waals surface area contributed by atoms with Crippen LogP contribution in [0.25, 0.3) is 0 Å².